The number of carbonyl (C=O) groups excluding carboxylic acids is 2. The SMILES string of the molecule is CN1C(=O)[N+](Br)(CCCC(=O)O)C(=O)C1(C)C. The van der Waals surface area contributed by atoms with Crippen molar-refractivity contribution in [3.05, 3.63) is 0 Å². The van der Waals surface area contributed by atoms with E-state index in [2.05, 4.69) is 16.1 Å². The molecule has 1 saturated heterocycles. The summed E-state index contributed by atoms with van der Waals surface area (Å²) in [4.78, 5) is 36.0. The zero-order valence-electron chi connectivity index (χ0n) is 10.1. The van der Waals surface area contributed by atoms with E-state index in [1.54, 1.807) is 20.9 Å². The van der Waals surface area contributed by atoms with Gasteiger partial charge in [-0.2, -0.15) is 0 Å². The number of urea groups is 1. The number of hydrogen-bond donors (Lipinski definition) is 1. The zero-order chi connectivity index (χ0) is 13.4. The first-order valence-corrected chi connectivity index (χ1v) is 5.98. The van der Waals surface area contributed by atoms with Crippen LogP contribution in [-0.4, -0.2) is 50.6 Å². The normalized spacial score (nSPS) is 27.6. The van der Waals surface area contributed by atoms with Gasteiger partial charge in [-0.1, -0.05) is 0 Å². The summed E-state index contributed by atoms with van der Waals surface area (Å²) in [7, 11) is 1.57. The van der Waals surface area contributed by atoms with Crippen LogP contribution >= 0.6 is 16.1 Å². The summed E-state index contributed by atoms with van der Waals surface area (Å²) in [5, 5.41) is 8.56. The second-order valence-corrected chi connectivity index (χ2v) is 5.85. The Bertz CT molecular complexity index is 383. The van der Waals surface area contributed by atoms with Gasteiger partial charge in [-0.05, 0) is 13.8 Å². The van der Waals surface area contributed by atoms with E-state index >= 15 is 0 Å². The van der Waals surface area contributed by atoms with Gasteiger partial charge in [0.1, 0.15) is 6.54 Å². The molecule has 1 atom stereocenters. The summed E-state index contributed by atoms with van der Waals surface area (Å²) in [6, 6.07) is -0.356. The van der Waals surface area contributed by atoms with Crippen molar-refractivity contribution in [2.45, 2.75) is 32.2 Å². The second kappa shape index (κ2) is 4.38. The molecule has 6 nitrogen and oxygen atoms in total. The Morgan fingerprint density at radius 3 is 2.35 bits per heavy atom. The lowest BCUT2D eigenvalue weighted by atomic mass is 10.1. The number of rotatable bonds is 4. The van der Waals surface area contributed by atoms with Crippen LogP contribution in [0.5, 0.6) is 0 Å². The second-order valence-electron chi connectivity index (χ2n) is 4.64. The molecule has 0 spiro atoms. The lowest BCUT2D eigenvalue weighted by Crippen LogP contribution is -2.46. The minimum absolute atomic E-state index is 0.0592. The van der Waals surface area contributed by atoms with E-state index in [-0.39, 0.29) is 31.3 Å². The van der Waals surface area contributed by atoms with E-state index in [1.807, 2.05) is 0 Å². The maximum atomic E-state index is 12.2. The van der Waals surface area contributed by atoms with Gasteiger partial charge in [0.15, 0.2) is 5.54 Å². The topological polar surface area (TPSA) is 74.7 Å². The molecule has 3 amide bonds. The predicted molar refractivity (Wildman–Crippen MR) is 63.2 cm³/mol. The summed E-state index contributed by atoms with van der Waals surface area (Å²) >= 11 is 3.15. The molecule has 0 aromatic carbocycles. The van der Waals surface area contributed by atoms with Crippen molar-refractivity contribution in [2.24, 2.45) is 0 Å². The lowest BCUT2D eigenvalue weighted by Gasteiger charge is -2.19. The largest absolute Gasteiger partial charge is 0.481 e. The lowest BCUT2D eigenvalue weighted by molar-refractivity contribution is -0.607. The Morgan fingerprint density at radius 1 is 1.47 bits per heavy atom. The van der Waals surface area contributed by atoms with E-state index in [0.29, 0.717) is 0 Å². The van der Waals surface area contributed by atoms with Crippen LogP contribution in [0.2, 0.25) is 0 Å². The highest BCUT2D eigenvalue weighted by Crippen LogP contribution is 2.36. The molecule has 0 radical (unpaired) electrons. The van der Waals surface area contributed by atoms with E-state index in [4.69, 9.17) is 5.11 Å². The number of carbonyl (C=O) groups is 3. The number of halogens is 1. The third-order valence-corrected chi connectivity index (χ3v) is 4.11. The van der Waals surface area contributed by atoms with Gasteiger partial charge in [-0.15, -0.1) is 3.51 Å². The van der Waals surface area contributed by atoms with Crippen molar-refractivity contribution in [1.29, 1.82) is 0 Å². The Kier molecular flexibility index (Phi) is 3.63. The van der Waals surface area contributed by atoms with Gasteiger partial charge >= 0.3 is 17.9 Å². The van der Waals surface area contributed by atoms with E-state index in [0.717, 1.165) is 0 Å². The van der Waals surface area contributed by atoms with Crippen molar-refractivity contribution in [1.82, 2.24) is 4.90 Å². The van der Waals surface area contributed by atoms with Crippen LogP contribution in [0.4, 0.5) is 4.79 Å². The molecule has 0 aromatic rings. The molecule has 0 bridgehead atoms. The Balaban J connectivity index is 2.85. The van der Waals surface area contributed by atoms with Crippen molar-refractivity contribution < 1.29 is 23.0 Å². The molecule has 1 heterocycles. The number of imide groups is 1. The monoisotopic (exact) mass is 307 g/mol. The molecule has 1 aliphatic rings. The number of quaternary nitrogens is 1. The van der Waals surface area contributed by atoms with Gasteiger partial charge in [0.25, 0.3) is 0 Å². The minimum atomic E-state index is -0.934. The Hall–Kier alpha value is -0.950. The first-order chi connectivity index (χ1) is 7.64. The fourth-order valence-electron chi connectivity index (χ4n) is 1.79. The molecule has 1 rings (SSSR count). The molecule has 17 heavy (non-hydrogen) atoms. The predicted octanol–water partition coefficient (Wildman–Crippen LogP) is 1.35. The van der Waals surface area contributed by atoms with Crippen LogP contribution in [0.25, 0.3) is 0 Å². The smallest absolute Gasteiger partial charge is 0.437 e. The third-order valence-electron chi connectivity index (χ3n) is 3.13. The Labute approximate surface area is 108 Å². The van der Waals surface area contributed by atoms with Gasteiger partial charge in [-0.3, -0.25) is 9.69 Å². The Morgan fingerprint density at radius 2 is 2.00 bits per heavy atom. The maximum Gasteiger partial charge on any atom is 0.437 e. The fourth-order valence-corrected chi connectivity index (χ4v) is 2.71. The van der Waals surface area contributed by atoms with Crippen molar-refractivity contribution in [3.63, 3.8) is 0 Å². The van der Waals surface area contributed by atoms with Crippen molar-refractivity contribution in [2.75, 3.05) is 13.6 Å². The molecular weight excluding hydrogens is 292 g/mol. The summed E-state index contributed by atoms with van der Waals surface area (Å²) in [5.74, 6) is -1.20. The van der Waals surface area contributed by atoms with Gasteiger partial charge in [0.2, 0.25) is 16.1 Å². The molecule has 1 aliphatic heterocycles. The molecule has 1 fully saturated rings. The number of nitrogens with zero attached hydrogens (tertiary/aromatic N) is 2. The summed E-state index contributed by atoms with van der Waals surface area (Å²) in [5.41, 5.74) is -0.871. The number of amides is 3. The third kappa shape index (κ3) is 2.21. The average molecular weight is 308 g/mol. The number of carboxylic acid groups (broad SMARTS) is 1. The van der Waals surface area contributed by atoms with Crippen molar-refractivity contribution in [3.8, 4) is 0 Å². The van der Waals surface area contributed by atoms with Gasteiger partial charge in [0, 0.05) is 13.5 Å². The minimum Gasteiger partial charge on any atom is -0.481 e. The van der Waals surface area contributed by atoms with Gasteiger partial charge in [0.05, 0.1) is 6.42 Å². The highest BCUT2D eigenvalue weighted by molar-refractivity contribution is 9.05. The van der Waals surface area contributed by atoms with Crippen LogP contribution in [0, 0.1) is 0 Å². The highest BCUT2D eigenvalue weighted by Gasteiger charge is 2.63. The molecular formula is C10H16BrN2O4+. The van der Waals surface area contributed by atoms with Crippen LogP contribution in [0.15, 0.2) is 0 Å². The summed E-state index contributed by atoms with van der Waals surface area (Å²) in [6.45, 7) is 3.50. The van der Waals surface area contributed by atoms with E-state index < -0.39 is 15.0 Å². The molecule has 0 aromatic heterocycles. The standard InChI is InChI=1S/C10H15BrN2O4/c1-10(2)8(16)13(11,9(17)12(10)3)6-4-5-7(14)15/h4-6H2,1-3H3/p+1. The maximum absolute atomic E-state index is 12.2. The average Bonchev–Trinajstić information content (AvgIpc) is 2.33. The summed E-state index contributed by atoms with van der Waals surface area (Å²) < 4.78 is -0.524. The number of hydrogen-bond acceptors (Lipinski definition) is 3. The number of aliphatic carboxylic acids is 1. The van der Waals surface area contributed by atoms with Crippen LogP contribution in [-0.2, 0) is 9.59 Å². The first kappa shape index (κ1) is 14.1. The molecule has 0 aliphatic carbocycles. The van der Waals surface area contributed by atoms with Crippen LogP contribution in [0.3, 0.4) is 0 Å². The molecule has 7 heteroatoms. The molecule has 1 unspecified atom stereocenters. The van der Waals surface area contributed by atoms with Crippen LogP contribution < -0.4 is 0 Å². The number of carboxylic acids is 1. The zero-order valence-corrected chi connectivity index (χ0v) is 11.7. The van der Waals surface area contributed by atoms with Gasteiger partial charge < -0.3 is 5.11 Å². The quantitative estimate of drug-likeness (QED) is 0.628. The van der Waals surface area contributed by atoms with Crippen LogP contribution in [0.1, 0.15) is 26.7 Å². The van der Waals surface area contributed by atoms with E-state index in [9.17, 15) is 14.4 Å². The number of likely N-dealkylation sites (N-methyl/N-ethyl adjacent to an activating group) is 1. The molecule has 0 saturated carbocycles. The van der Waals surface area contributed by atoms with Crippen molar-refractivity contribution >= 4 is 34.1 Å². The fraction of sp³-hybridized carbons (Fsp3) is 0.700. The molecule has 1 N–H and O–H groups in total. The molecule has 96 valence electrons. The highest BCUT2D eigenvalue weighted by atomic mass is 79.9. The van der Waals surface area contributed by atoms with Gasteiger partial charge in [-0.25, -0.2) is 9.59 Å². The first-order valence-electron chi connectivity index (χ1n) is 5.27. The summed E-state index contributed by atoms with van der Waals surface area (Å²) in [6.07, 6.45) is 0.207. The van der Waals surface area contributed by atoms with E-state index in [1.165, 1.54) is 4.90 Å².